The third-order valence-corrected chi connectivity index (χ3v) is 7.49. The van der Waals surface area contributed by atoms with Gasteiger partial charge in [-0.15, -0.1) is 0 Å². The van der Waals surface area contributed by atoms with Crippen molar-refractivity contribution in [2.45, 2.75) is 37.6 Å². The van der Waals surface area contributed by atoms with E-state index in [-0.39, 0.29) is 24.0 Å². The van der Waals surface area contributed by atoms with Gasteiger partial charge in [-0.1, -0.05) is 0 Å². The maximum absolute atomic E-state index is 13.4. The van der Waals surface area contributed by atoms with Gasteiger partial charge in [0.2, 0.25) is 5.82 Å². The molecule has 0 atom stereocenters. The third-order valence-electron chi connectivity index (χ3n) is 7.49. The fourth-order valence-corrected chi connectivity index (χ4v) is 5.45. The molecule has 1 N–H and O–H groups in total. The summed E-state index contributed by atoms with van der Waals surface area (Å²) in [6.07, 6.45) is 3.98. The summed E-state index contributed by atoms with van der Waals surface area (Å²) in [6, 6.07) is 3.86. The Kier molecular flexibility index (Phi) is 6.74. The van der Waals surface area contributed by atoms with Crippen LogP contribution in [-0.4, -0.2) is 102 Å². The first-order valence-electron chi connectivity index (χ1n) is 13.1. The van der Waals surface area contributed by atoms with Crippen LogP contribution < -0.4 is 0 Å². The summed E-state index contributed by atoms with van der Waals surface area (Å²) in [6.45, 7) is 2.80. The number of rotatable bonds is 6. The number of nitrogens with zero attached hydrogens (tertiary/aromatic N) is 9. The highest BCUT2D eigenvalue weighted by Gasteiger charge is 2.38. The van der Waals surface area contributed by atoms with Crippen molar-refractivity contribution in [1.82, 2.24) is 49.4 Å². The number of piperidine rings is 1. The highest BCUT2D eigenvalue weighted by atomic mass is 19.4. The van der Waals surface area contributed by atoms with E-state index in [1.807, 2.05) is 29.3 Å². The maximum Gasteiger partial charge on any atom is 0.451 e. The van der Waals surface area contributed by atoms with Crippen LogP contribution in [0.4, 0.5) is 13.2 Å². The van der Waals surface area contributed by atoms with Gasteiger partial charge in [0, 0.05) is 62.1 Å². The molecule has 2 aliphatic heterocycles. The number of halogens is 3. The molecule has 0 aromatic carbocycles. The van der Waals surface area contributed by atoms with Crippen LogP contribution in [0.15, 0.2) is 37.1 Å². The summed E-state index contributed by atoms with van der Waals surface area (Å²) in [5.74, 6) is -1.77. The number of nitrogens with one attached hydrogen (secondary N) is 1. The molecule has 2 saturated heterocycles. The number of carbonyl (C=O) groups excluding carboxylic acids is 1. The van der Waals surface area contributed by atoms with Crippen LogP contribution in [0.5, 0.6) is 0 Å². The highest BCUT2D eigenvalue weighted by molar-refractivity contribution is 5.92. The van der Waals surface area contributed by atoms with E-state index >= 15 is 0 Å². The first-order valence-corrected chi connectivity index (χ1v) is 13.1. The first kappa shape index (κ1) is 26.3. The summed E-state index contributed by atoms with van der Waals surface area (Å²) in [4.78, 5) is 37.8. The lowest BCUT2D eigenvalue weighted by molar-refractivity contribution is -0.145. The molecule has 0 spiro atoms. The van der Waals surface area contributed by atoms with E-state index in [9.17, 15) is 18.0 Å². The second kappa shape index (κ2) is 10.2. The fourth-order valence-electron chi connectivity index (χ4n) is 5.45. The monoisotopic (exact) mass is 554 g/mol. The van der Waals surface area contributed by atoms with Crippen molar-refractivity contribution in [2.24, 2.45) is 0 Å². The summed E-state index contributed by atoms with van der Waals surface area (Å²) < 4.78 is 42.1. The van der Waals surface area contributed by atoms with E-state index in [2.05, 4.69) is 34.9 Å². The van der Waals surface area contributed by atoms with E-state index in [0.29, 0.717) is 19.1 Å². The molecule has 6 rings (SSSR count). The first-order chi connectivity index (χ1) is 19.2. The predicted octanol–water partition coefficient (Wildman–Crippen LogP) is 2.85. The molecular weight excluding hydrogens is 525 g/mol. The summed E-state index contributed by atoms with van der Waals surface area (Å²) >= 11 is 0. The standard InChI is InChI=1S/C26H29F3N10O/c1-36(2)12-17-9-21(35-25(34-17)26(27,28)29)24(40)37-7-4-18(5-8-37)38-13-19(14-38)39-11-16(10-33-39)22-20-3-6-30-23(20)32-15-31-22/h3,6,9-11,15,18-19H,4-5,7-8,12-14H2,1-2H3,(H,30,31,32). The molecule has 0 radical (unpaired) electrons. The normalized spacial score (nSPS) is 17.6. The number of carbonyl (C=O) groups is 1. The number of aromatic amines is 1. The van der Waals surface area contributed by atoms with Gasteiger partial charge in [-0.05, 0) is 39.1 Å². The average molecular weight is 555 g/mol. The van der Waals surface area contributed by atoms with Crippen LogP contribution in [0.1, 0.15) is 40.9 Å². The van der Waals surface area contributed by atoms with E-state index < -0.39 is 17.9 Å². The van der Waals surface area contributed by atoms with Crippen LogP contribution in [0.2, 0.25) is 0 Å². The Bertz CT molecular complexity index is 1520. The van der Waals surface area contributed by atoms with E-state index in [1.165, 1.54) is 12.4 Å². The summed E-state index contributed by atoms with van der Waals surface area (Å²) in [7, 11) is 3.46. The van der Waals surface area contributed by atoms with Gasteiger partial charge >= 0.3 is 6.18 Å². The summed E-state index contributed by atoms with van der Waals surface area (Å²) in [5, 5.41) is 5.52. The van der Waals surface area contributed by atoms with Crippen LogP contribution in [-0.2, 0) is 12.7 Å². The van der Waals surface area contributed by atoms with Gasteiger partial charge in [0.05, 0.1) is 23.6 Å². The topological polar surface area (TPSA) is 112 Å². The van der Waals surface area contributed by atoms with Gasteiger partial charge in [0.1, 0.15) is 17.7 Å². The van der Waals surface area contributed by atoms with Gasteiger partial charge in [-0.3, -0.25) is 14.4 Å². The number of amides is 1. The van der Waals surface area contributed by atoms with Gasteiger partial charge in [-0.2, -0.15) is 18.3 Å². The van der Waals surface area contributed by atoms with Crippen LogP contribution >= 0.6 is 0 Å². The van der Waals surface area contributed by atoms with Crippen LogP contribution in [0, 0.1) is 0 Å². The van der Waals surface area contributed by atoms with Crippen molar-refractivity contribution in [3.8, 4) is 11.3 Å². The second-order valence-corrected chi connectivity index (χ2v) is 10.6. The number of hydrogen-bond acceptors (Lipinski definition) is 8. The zero-order valence-corrected chi connectivity index (χ0v) is 22.1. The van der Waals surface area contributed by atoms with E-state index in [1.54, 1.807) is 23.9 Å². The van der Waals surface area contributed by atoms with E-state index in [4.69, 9.17) is 0 Å². The zero-order chi connectivity index (χ0) is 28.0. The molecule has 6 heterocycles. The number of hydrogen-bond donors (Lipinski definition) is 1. The zero-order valence-electron chi connectivity index (χ0n) is 22.1. The van der Waals surface area contributed by atoms with Crippen molar-refractivity contribution in [3.63, 3.8) is 0 Å². The lowest BCUT2D eigenvalue weighted by Gasteiger charge is -2.47. The molecule has 2 aliphatic rings. The minimum atomic E-state index is -4.73. The number of likely N-dealkylation sites (tertiary alicyclic amines) is 2. The molecule has 0 aliphatic carbocycles. The number of aromatic nitrogens is 7. The molecule has 40 heavy (non-hydrogen) atoms. The minimum absolute atomic E-state index is 0.163. The van der Waals surface area contributed by atoms with Crippen molar-refractivity contribution in [2.75, 3.05) is 40.3 Å². The van der Waals surface area contributed by atoms with E-state index in [0.717, 1.165) is 48.2 Å². The Hall–Kier alpha value is -3.91. The van der Waals surface area contributed by atoms with Crippen LogP contribution in [0.25, 0.3) is 22.3 Å². The molecule has 2 fully saturated rings. The molecular formula is C26H29F3N10O. The summed E-state index contributed by atoms with van der Waals surface area (Å²) in [5.41, 5.74) is 2.51. The smallest absolute Gasteiger partial charge is 0.346 e. The molecule has 0 unspecified atom stereocenters. The van der Waals surface area contributed by atoms with Crippen molar-refractivity contribution in [1.29, 1.82) is 0 Å². The van der Waals surface area contributed by atoms with Crippen molar-refractivity contribution < 1.29 is 18.0 Å². The fraction of sp³-hybridized carbons (Fsp3) is 0.462. The molecule has 0 saturated carbocycles. The molecule has 0 bridgehead atoms. The molecule has 1 amide bonds. The van der Waals surface area contributed by atoms with Gasteiger partial charge in [0.15, 0.2) is 0 Å². The predicted molar refractivity (Wildman–Crippen MR) is 139 cm³/mol. The highest BCUT2D eigenvalue weighted by Crippen LogP contribution is 2.31. The minimum Gasteiger partial charge on any atom is -0.346 e. The lowest BCUT2D eigenvalue weighted by Crippen LogP contribution is -2.56. The number of H-pyrrole nitrogens is 1. The van der Waals surface area contributed by atoms with Crippen molar-refractivity contribution >= 4 is 16.9 Å². The molecule has 4 aromatic rings. The Balaban J connectivity index is 1.06. The Labute approximate surface area is 228 Å². The van der Waals surface area contributed by atoms with Gasteiger partial charge < -0.3 is 14.8 Å². The average Bonchev–Trinajstić information content (AvgIpc) is 3.57. The molecule has 210 valence electrons. The van der Waals surface area contributed by atoms with Gasteiger partial charge in [0.25, 0.3) is 5.91 Å². The van der Waals surface area contributed by atoms with Crippen LogP contribution in [0.3, 0.4) is 0 Å². The Morgan fingerprint density at radius 1 is 1.12 bits per heavy atom. The second-order valence-electron chi connectivity index (χ2n) is 10.6. The van der Waals surface area contributed by atoms with Crippen molar-refractivity contribution in [3.05, 3.63) is 54.3 Å². The van der Waals surface area contributed by atoms with Gasteiger partial charge in [-0.25, -0.2) is 19.9 Å². The Morgan fingerprint density at radius 3 is 2.62 bits per heavy atom. The quantitative estimate of drug-likeness (QED) is 0.387. The third kappa shape index (κ3) is 5.16. The largest absolute Gasteiger partial charge is 0.451 e. The Morgan fingerprint density at radius 2 is 1.90 bits per heavy atom. The lowest BCUT2D eigenvalue weighted by atomic mass is 9.97. The molecule has 4 aromatic heterocycles. The maximum atomic E-state index is 13.4. The number of alkyl halides is 3. The molecule has 11 nitrogen and oxygen atoms in total. The molecule has 14 heteroatoms. The number of fused-ring (bicyclic) bond motifs is 1. The SMILES string of the molecule is CN(C)Cc1cc(C(=O)N2CCC(N3CC(n4cc(-c5ncnc6[nH]ccc56)cn4)C3)CC2)nc(C(F)(F)F)n1.